The van der Waals surface area contributed by atoms with Crippen LogP contribution in [0.2, 0.25) is 0 Å². The first kappa shape index (κ1) is 12.8. The van der Waals surface area contributed by atoms with Crippen molar-refractivity contribution in [3.63, 3.8) is 0 Å². The van der Waals surface area contributed by atoms with Crippen molar-refractivity contribution in [2.45, 2.75) is 6.92 Å². The van der Waals surface area contributed by atoms with Gasteiger partial charge in [-0.3, -0.25) is 10.1 Å². The molecule has 0 bridgehead atoms. The van der Waals surface area contributed by atoms with Gasteiger partial charge in [0.25, 0.3) is 5.69 Å². The molecule has 2 aromatic heterocycles. The Balaban J connectivity index is 2.23. The first-order valence-electron chi connectivity index (χ1n) is 5.95. The van der Waals surface area contributed by atoms with Crippen LogP contribution >= 0.6 is 15.9 Å². The molecule has 6 heteroatoms. The van der Waals surface area contributed by atoms with Crippen LogP contribution in [0.4, 0.5) is 5.69 Å². The maximum absolute atomic E-state index is 11.1. The molecule has 100 valence electrons. The highest BCUT2D eigenvalue weighted by atomic mass is 79.9. The van der Waals surface area contributed by atoms with E-state index in [2.05, 4.69) is 20.9 Å². The zero-order valence-electron chi connectivity index (χ0n) is 10.6. The van der Waals surface area contributed by atoms with Gasteiger partial charge in [-0.25, -0.2) is 4.98 Å². The highest BCUT2D eigenvalue weighted by Crippen LogP contribution is 2.29. The monoisotopic (exact) mass is 331 g/mol. The van der Waals surface area contributed by atoms with E-state index >= 15 is 0 Å². The largest absolute Gasteiger partial charge is 0.305 e. The quantitative estimate of drug-likeness (QED) is 0.527. The number of halogens is 1. The average molecular weight is 332 g/mol. The molecule has 5 nitrogen and oxygen atoms in total. The summed E-state index contributed by atoms with van der Waals surface area (Å²) in [4.78, 5) is 15.2. The maximum Gasteiger partial charge on any atom is 0.278 e. The Morgan fingerprint density at radius 2 is 2.05 bits per heavy atom. The second kappa shape index (κ2) is 4.72. The zero-order valence-corrected chi connectivity index (χ0v) is 12.2. The minimum Gasteiger partial charge on any atom is -0.305 e. The van der Waals surface area contributed by atoms with Gasteiger partial charge >= 0.3 is 0 Å². The molecule has 0 amide bonds. The number of aryl methyl sites for hydroxylation is 1. The molecule has 1 aromatic carbocycles. The van der Waals surface area contributed by atoms with E-state index in [1.54, 1.807) is 24.4 Å². The van der Waals surface area contributed by atoms with Gasteiger partial charge in [0.1, 0.15) is 5.65 Å². The summed E-state index contributed by atoms with van der Waals surface area (Å²) in [5.74, 6) is 0. The summed E-state index contributed by atoms with van der Waals surface area (Å²) in [5.41, 5.74) is 3.01. The normalized spacial score (nSPS) is 10.9. The Morgan fingerprint density at radius 1 is 1.30 bits per heavy atom. The molecule has 3 rings (SSSR count). The molecule has 0 radical (unpaired) electrons. The fraction of sp³-hybridized carbons (Fsp3) is 0.0714. The Hall–Kier alpha value is -2.21. The van der Waals surface area contributed by atoms with Crippen LogP contribution in [0.5, 0.6) is 0 Å². The van der Waals surface area contributed by atoms with E-state index < -0.39 is 0 Å². The summed E-state index contributed by atoms with van der Waals surface area (Å²) in [6.45, 7) is 1.98. The Morgan fingerprint density at radius 3 is 2.80 bits per heavy atom. The molecule has 20 heavy (non-hydrogen) atoms. The number of hydrogen-bond donors (Lipinski definition) is 0. The van der Waals surface area contributed by atoms with Gasteiger partial charge in [-0.1, -0.05) is 12.1 Å². The van der Waals surface area contributed by atoms with Crippen molar-refractivity contribution in [2.24, 2.45) is 0 Å². The predicted molar refractivity (Wildman–Crippen MR) is 79.7 cm³/mol. The van der Waals surface area contributed by atoms with Gasteiger partial charge in [-0.2, -0.15) is 0 Å². The minimum absolute atomic E-state index is 0.0618. The number of hydrogen-bond acceptors (Lipinski definition) is 3. The van der Waals surface area contributed by atoms with Crippen molar-refractivity contribution in [1.82, 2.24) is 9.38 Å². The molecule has 0 aliphatic heterocycles. The van der Waals surface area contributed by atoms with E-state index in [0.717, 1.165) is 15.7 Å². The van der Waals surface area contributed by atoms with Crippen LogP contribution in [-0.4, -0.2) is 14.3 Å². The molecule has 0 saturated carbocycles. The summed E-state index contributed by atoms with van der Waals surface area (Å²) in [6.07, 6.45) is 3.69. The van der Waals surface area contributed by atoms with Crippen molar-refractivity contribution < 1.29 is 4.92 Å². The SMILES string of the molecule is Cc1cc2nc(-c3ccccc3[N+](=O)[O-])cn2cc1Br. The van der Waals surface area contributed by atoms with E-state index in [9.17, 15) is 10.1 Å². The molecule has 0 aliphatic rings. The third kappa shape index (κ3) is 2.08. The Bertz CT molecular complexity index is 787. The first-order valence-corrected chi connectivity index (χ1v) is 6.74. The molecular weight excluding hydrogens is 322 g/mol. The number of rotatable bonds is 2. The van der Waals surface area contributed by atoms with Gasteiger partial charge in [0.2, 0.25) is 0 Å². The molecule has 0 aliphatic carbocycles. The van der Waals surface area contributed by atoms with Crippen LogP contribution in [0.25, 0.3) is 16.9 Å². The van der Waals surface area contributed by atoms with Crippen molar-refractivity contribution >= 4 is 27.3 Å². The van der Waals surface area contributed by atoms with Gasteiger partial charge in [0.15, 0.2) is 0 Å². The van der Waals surface area contributed by atoms with Crippen molar-refractivity contribution in [1.29, 1.82) is 0 Å². The number of nitrogens with zero attached hydrogens (tertiary/aromatic N) is 3. The van der Waals surface area contributed by atoms with Crippen LogP contribution in [0, 0.1) is 17.0 Å². The summed E-state index contributed by atoms with van der Waals surface area (Å²) >= 11 is 3.46. The third-order valence-electron chi connectivity index (χ3n) is 3.11. The molecule has 0 saturated heterocycles. The molecule has 3 aromatic rings. The smallest absolute Gasteiger partial charge is 0.278 e. The van der Waals surface area contributed by atoms with Gasteiger partial charge in [0.05, 0.1) is 16.2 Å². The lowest BCUT2D eigenvalue weighted by Crippen LogP contribution is -1.91. The number of fused-ring (bicyclic) bond motifs is 1. The molecule has 0 unspecified atom stereocenters. The highest BCUT2D eigenvalue weighted by molar-refractivity contribution is 9.10. The topological polar surface area (TPSA) is 60.4 Å². The van der Waals surface area contributed by atoms with E-state index in [1.165, 1.54) is 6.07 Å². The van der Waals surface area contributed by atoms with Crippen LogP contribution in [0.3, 0.4) is 0 Å². The molecule has 0 fully saturated rings. The fourth-order valence-electron chi connectivity index (χ4n) is 2.08. The number of aromatic nitrogens is 2. The molecule has 2 heterocycles. The number of pyridine rings is 1. The lowest BCUT2D eigenvalue weighted by molar-refractivity contribution is -0.384. The lowest BCUT2D eigenvalue weighted by atomic mass is 10.1. The fourth-order valence-corrected chi connectivity index (χ4v) is 2.42. The lowest BCUT2D eigenvalue weighted by Gasteiger charge is -1.98. The van der Waals surface area contributed by atoms with Crippen LogP contribution in [-0.2, 0) is 0 Å². The number of benzene rings is 1. The Labute approximate surface area is 123 Å². The molecular formula is C14H10BrN3O2. The summed E-state index contributed by atoms with van der Waals surface area (Å²) in [6, 6.07) is 8.55. The van der Waals surface area contributed by atoms with Gasteiger partial charge < -0.3 is 4.40 Å². The van der Waals surface area contributed by atoms with Crippen LogP contribution in [0.15, 0.2) is 47.2 Å². The molecule has 0 N–H and O–H groups in total. The summed E-state index contributed by atoms with van der Waals surface area (Å²) < 4.78 is 2.82. The molecule has 0 atom stereocenters. The average Bonchev–Trinajstić information content (AvgIpc) is 2.82. The van der Waals surface area contributed by atoms with Crippen molar-refractivity contribution in [2.75, 3.05) is 0 Å². The highest BCUT2D eigenvalue weighted by Gasteiger charge is 2.16. The third-order valence-corrected chi connectivity index (χ3v) is 3.94. The zero-order chi connectivity index (χ0) is 14.3. The van der Waals surface area contributed by atoms with E-state index in [-0.39, 0.29) is 10.6 Å². The minimum atomic E-state index is -0.388. The van der Waals surface area contributed by atoms with Crippen LogP contribution < -0.4 is 0 Å². The maximum atomic E-state index is 11.1. The van der Waals surface area contributed by atoms with E-state index in [4.69, 9.17) is 0 Å². The van der Waals surface area contributed by atoms with Crippen LogP contribution in [0.1, 0.15) is 5.56 Å². The second-order valence-corrected chi connectivity index (χ2v) is 5.32. The summed E-state index contributed by atoms with van der Waals surface area (Å²) in [7, 11) is 0. The van der Waals surface area contributed by atoms with Gasteiger partial charge in [-0.05, 0) is 40.5 Å². The van der Waals surface area contributed by atoms with E-state index in [0.29, 0.717) is 11.3 Å². The first-order chi connectivity index (χ1) is 9.56. The van der Waals surface area contributed by atoms with Crippen molar-refractivity contribution in [3.8, 4) is 11.3 Å². The predicted octanol–water partition coefficient (Wildman–Crippen LogP) is 3.98. The number of imidazole rings is 1. The van der Waals surface area contributed by atoms with Gasteiger partial charge in [-0.15, -0.1) is 0 Å². The van der Waals surface area contributed by atoms with Gasteiger partial charge in [0, 0.05) is 22.9 Å². The standard InChI is InChI=1S/C14H10BrN3O2/c1-9-6-14-16-12(8-17(14)7-11(9)15)10-4-2-3-5-13(10)18(19)20/h2-8H,1H3. The van der Waals surface area contributed by atoms with Crippen molar-refractivity contribution in [3.05, 3.63) is 62.9 Å². The molecule has 0 spiro atoms. The number of para-hydroxylation sites is 1. The Kier molecular flexibility index (Phi) is 3.02. The second-order valence-electron chi connectivity index (χ2n) is 4.47. The summed E-state index contributed by atoms with van der Waals surface area (Å²) in [5, 5.41) is 11.1. The number of nitro groups is 1. The van der Waals surface area contributed by atoms with E-state index in [1.807, 2.05) is 23.6 Å². The number of nitro benzene ring substituents is 1.